The van der Waals surface area contributed by atoms with E-state index in [0.29, 0.717) is 31.2 Å². The van der Waals surface area contributed by atoms with Gasteiger partial charge >= 0.3 is 5.97 Å². The number of methoxy groups -OCH3 is 1. The van der Waals surface area contributed by atoms with Crippen LogP contribution in [-0.2, 0) is 4.74 Å². The SMILES string of the molecule is COCCC1CCCCN(C(=O)c2ccnc(C(=O)O)c2)C1. The van der Waals surface area contributed by atoms with Crippen LogP contribution in [0.4, 0.5) is 0 Å². The predicted octanol–water partition coefficient (Wildman–Crippen LogP) is 2.06. The fraction of sp³-hybridized carbons (Fsp3) is 0.562. The molecule has 22 heavy (non-hydrogen) atoms. The van der Waals surface area contributed by atoms with Crippen molar-refractivity contribution < 1.29 is 19.4 Å². The summed E-state index contributed by atoms with van der Waals surface area (Å²) in [7, 11) is 1.68. The monoisotopic (exact) mass is 306 g/mol. The van der Waals surface area contributed by atoms with E-state index < -0.39 is 5.97 Å². The zero-order valence-corrected chi connectivity index (χ0v) is 12.8. The molecule has 1 amide bonds. The van der Waals surface area contributed by atoms with E-state index in [1.807, 2.05) is 4.90 Å². The summed E-state index contributed by atoms with van der Waals surface area (Å²) in [5, 5.41) is 8.98. The Hall–Kier alpha value is -1.95. The standard InChI is InChI=1S/C16H22N2O4/c1-22-9-6-12-4-2-3-8-18(11-12)15(19)13-5-7-17-14(10-13)16(20)21/h5,7,10,12H,2-4,6,8-9,11H2,1H3,(H,20,21). The van der Waals surface area contributed by atoms with Crippen LogP contribution in [0.2, 0.25) is 0 Å². The summed E-state index contributed by atoms with van der Waals surface area (Å²) >= 11 is 0. The van der Waals surface area contributed by atoms with E-state index >= 15 is 0 Å². The first-order chi connectivity index (χ1) is 10.6. The molecule has 0 aliphatic carbocycles. The van der Waals surface area contributed by atoms with Gasteiger partial charge in [0.2, 0.25) is 0 Å². The quantitative estimate of drug-likeness (QED) is 0.900. The molecule has 0 aromatic carbocycles. The molecule has 1 N–H and O–H groups in total. The third kappa shape index (κ3) is 4.27. The molecule has 6 heteroatoms. The Labute approximate surface area is 130 Å². The molecule has 6 nitrogen and oxygen atoms in total. The molecule has 1 aliphatic rings. The smallest absolute Gasteiger partial charge is 0.354 e. The number of rotatable bonds is 5. The van der Waals surface area contributed by atoms with Gasteiger partial charge in [0.15, 0.2) is 0 Å². The number of carbonyl (C=O) groups excluding carboxylic acids is 1. The minimum absolute atomic E-state index is 0.100. The van der Waals surface area contributed by atoms with Crippen LogP contribution >= 0.6 is 0 Å². The largest absolute Gasteiger partial charge is 0.477 e. The highest BCUT2D eigenvalue weighted by Crippen LogP contribution is 2.21. The molecule has 1 fully saturated rings. The molecule has 1 atom stereocenters. The molecule has 1 unspecified atom stereocenters. The molecule has 0 saturated carbocycles. The van der Waals surface area contributed by atoms with E-state index in [1.165, 1.54) is 12.3 Å². The number of aromatic carboxylic acids is 1. The number of nitrogens with zero attached hydrogens (tertiary/aromatic N) is 2. The number of ether oxygens (including phenoxy) is 1. The highest BCUT2D eigenvalue weighted by Gasteiger charge is 2.23. The van der Waals surface area contributed by atoms with E-state index in [2.05, 4.69) is 4.98 Å². The second-order valence-electron chi connectivity index (χ2n) is 5.63. The number of hydrogen-bond donors (Lipinski definition) is 1. The van der Waals surface area contributed by atoms with E-state index in [0.717, 1.165) is 25.7 Å². The van der Waals surface area contributed by atoms with Crippen LogP contribution < -0.4 is 0 Å². The van der Waals surface area contributed by atoms with Gasteiger partial charge in [-0.15, -0.1) is 0 Å². The van der Waals surface area contributed by atoms with Gasteiger partial charge in [0.25, 0.3) is 5.91 Å². The first kappa shape index (κ1) is 16.4. The van der Waals surface area contributed by atoms with Gasteiger partial charge in [0, 0.05) is 38.6 Å². The van der Waals surface area contributed by atoms with Gasteiger partial charge in [0.1, 0.15) is 5.69 Å². The lowest BCUT2D eigenvalue weighted by atomic mass is 10.00. The molecule has 1 saturated heterocycles. The summed E-state index contributed by atoms with van der Waals surface area (Å²) < 4.78 is 5.13. The second-order valence-corrected chi connectivity index (χ2v) is 5.63. The number of carboxylic acid groups (broad SMARTS) is 1. The van der Waals surface area contributed by atoms with Gasteiger partial charge in [-0.25, -0.2) is 9.78 Å². The third-order valence-corrected chi connectivity index (χ3v) is 4.01. The normalized spacial score (nSPS) is 18.8. The predicted molar refractivity (Wildman–Crippen MR) is 80.9 cm³/mol. The number of amides is 1. The number of carbonyl (C=O) groups is 2. The van der Waals surface area contributed by atoms with Crippen LogP contribution in [0.25, 0.3) is 0 Å². The van der Waals surface area contributed by atoms with Crippen molar-refractivity contribution in [1.82, 2.24) is 9.88 Å². The van der Waals surface area contributed by atoms with E-state index in [-0.39, 0.29) is 11.6 Å². The molecule has 120 valence electrons. The maximum absolute atomic E-state index is 12.6. The molecule has 0 spiro atoms. The van der Waals surface area contributed by atoms with E-state index in [1.54, 1.807) is 13.2 Å². The molecule has 2 rings (SSSR count). The van der Waals surface area contributed by atoms with Gasteiger partial charge in [-0.3, -0.25) is 4.79 Å². The van der Waals surface area contributed by atoms with Crippen molar-refractivity contribution in [2.75, 3.05) is 26.8 Å². The van der Waals surface area contributed by atoms with Crippen LogP contribution in [-0.4, -0.2) is 53.7 Å². The summed E-state index contributed by atoms with van der Waals surface area (Å²) in [4.78, 5) is 29.2. The highest BCUT2D eigenvalue weighted by atomic mass is 16.5. The van der Waals surface area contributed by atoms with Gasteiger partial charge in [-0.2, -0.15) is 0 Å². The maximum Gasteiger partial charge on any atom is 0.354 e. The third-order valence-electron chi connectivity index (χ3n) is 4.01. The summed E-state index contributed by atoms with van der Waals surface area (Å²) in [6.45, 7) is 2.12. The van der Waals surface area contributed by atoms with Gasteiger partial charge in [-0.05, 0) is 37.3 Å². The van der Waals surface area contributed by atoms with Crippen LogP contribution in [0.15, 0.2) is 18.3 Å². The first-order valence-electron chi connectivity index (χ1n) is 7.59. The van der Waals surface area contributed by atoms with Crippen LogP contribution in [0.1, 0.15) is 46.5 Å². The molecule has 0 bridgehead atoms. The lowest BCUT2D eigenvalue weighted by Gasteiger charge is -2.24. The highest BCUT2D eigenvalue weighted by molar-refractivity contribution is 5.96. The Morgan fingerprint density at radius 2 is 2.27 bits per heavy atom. The average Bonchev–Trinajstić information content (AvgIpc) is 2.78. The topological polar surface area (TPSA) is 79.7 Å². The van der Waals surface area contributed by atoms with Crippen LogP contribution in [0.3, 0.4) is 0 Å². The number of carboxylic acids is 1. The van der Waals surface area contributed by atoms with E-state index in [9.17, 15) is 9.59 Å². The van der Waals surface area contributed by atoms with Gasteiger partial charge < -0.3 is 14.7 Å². The zero-order valence-electron chi connectivity index (χ0n) is 12.8. The summed E-state index contributed by atoms with van der Waals surface area (Å²) in [5.41, 5.74) is 0.288. The minimum Gasteiger partial charge on any atom is -0.477 e. The number of aromatic nitrogens is 1. The van der Waals surface area contributed by atoms with Gasteiger partial charge in [-0.1, -0.05) is 6.42 Å². The molecule has 1 aromatic heterocycles. The molecule has 1 aliphatic heterocycles. The van der Waals surface area contributed by atoms with Crippen LogP contribution in [0.5, 0.6) is 0 Å². The fourth-order valence-electron chi connectivity index (χ4n) is 2.80. The van der Waals surface area contributed by atoms with Crippen molar-refractivity contribution >= 4 is 11.9 Å². The van der Waals surface area contributed by atoms with Crippen molar-refractivity contribution in [2.45, 2.75) is 25.7 Å². The van der Waals surface area contributed by atoms with Crippen molar-refractivity contribution in [3.05, 3.63) is 29.6 Å². The molecule has 0 radical (unpaired) electrons. The molecule has 1 aromatic rings. The maximum atomic E-state index is 12.6. The molecular formula is C16H22N2O4. The second kappa shape index (κ2) is 7.89. The minimum atomic E-state index is -1.12. The van der Waals surface area contributed by atoms with Crippen molar-refractivity contribution in [3.8, 4) is 0 Å². The Morgan fingerprint density at radius 3 is 3.00 bits per heavy atom. The van der Waals surface area contributed by atoms with Crippen LogP contribution in [0, 0.1) is 5.92 Å². The van der Waals surface area contributed by atoms with E-state index in [4.69, 9.17) is 9.84 Å². The lowest BCUT2D eigenvalue weighted by molar-refractivity contribution is 0.0690. The molecular weight excluding hydrogens is 284 g/mol. The Balaban J connectivity index is 2.09. The molecule has 2 heterocycles. The summed E-state index contributed by atoms with van der Waals surface area (Å²) in [6.07, 6.45) is 5.50. The Kier molecular flexibility index (Phi) is 5.89. The van der Waals surface area contributed by atoms with Gasteiger partial charge in [0.05, 0.1) is 0 Å². The van der Waals surface area contributed by atoms with Crippen molar-refractivity contribution in [2.24, 2.45) is 5.92 Å². The lowest BCUT2D eigenvalue weighted by Crippen LogP contribution is -2.35. The summed E-state index contributed by atoms with van der Waals surface area (Å²) in [6, 6.07) is 2.92. The average molecular weight is 306 g/mol. The van der Waals surface area contributed by atoms with Crippen molar-refractivity contribution in [1.29, 1.82) is 0 Å². The first-order valence-corrected chi connectivity index (χ1v) is 7.59. The number of hydrogen-bond acceptors (Lipinski definition) is 4. The summed E-state index contributed by atoms with van der Waals surface area (Å²) in [5.74, 6) is -0.801. The Morgan fingerprint density at radius 1 is 1.45 bits per heavy atom. The zero-order chi connectivity index (χ0) is 15.9. The Bertz CT molecular complexity index is 533. The van der Waals surface area contributed by atoms with Crippen molar-refractivity contribution in [3.63, 3.8) is 0 Å². The fourth-order valence-corrected chi connectivity index (χ4v) is 2.80. The number of pyridine rings is 1. The number of likely N-dealkylation sites (tertiary alicyclic amines) is 1.